The van der Waals surface area contributed by atoms with Gasteiger partial charge in [0.2, 0.25) is 0 Å². The van der Waals surface area contributed by atoms with Gasteiger partial charge < -0.3 is 14.9 Å². The van der Waals surface area contributed by atoms with Crippen molar-refractivity contribution in [2.24, 2.45) is 23.7 Å². The number of fused-ring (bicyclic) bond motifs is 4. The Morgan fingerprint density at radius 3 is 1.28 bits per heavy atom. The van der Waals surface area contributed by atoms with Gasteiger partial charge in [-0.25, -0.2) is 19.2 Å². The Morgan fingerprint density at radius 2 is 0.960 bits per heavy atom. The number of carbonyl (C=O) groups excluding carboxylic acids is 2. The summed E-state index contributed by atoms with van der Waals surface area (Å²) in [5, 5.41) is 18.7. The second kappa shape index (κ2) is 5.54. The minimum atomic E-state index is -1.14. The van der Waals surface area contributed by atoms with E-state index in [1.807, 2.05) is 0 Å². The monoisotopic (exact) mass is 346 g/mol. The first-order valence-electron chi connectivity index (χ1n) is 8.59. The summed E-state index contributed by atoms with van der Waals surface area (Å²) in [5.41, 5.74) is 0.319. The van der Waals surface area contributed by atoms with E-state index in [9.17, 15) is 29.4 Å². The molecule has 0 amide bonds. The molecular weight excluding hydrogens is 328 g/mol. The fourth-order valence-electron chi connectivity index (χ4n) is 5.22. The third-order valence-electron chi connectivity index (χ3n) is 6.16. The van der Waals surface area contributed by atoms with Crippen molar-refractivity contribution in [3.05, 3.63) is 22.3 Å². The number of rotatable bonds is 4. The summed E-state index contributed by atoms with van der Waals surface area (Å²) in [7, 11) is 0. The van der Waals surface area contributed by atoms with Gasteiger partial charge in [-0.3, -0.25) is 0 Å². The number of esters is 2. The van der Waals surface area contributed by atoms with Crippen molar-refractivity contribution in [1.82, 2.24) is 0 Å². The van der Waals surface area contributed by atoms with Crippen molar-refractivity contribution in [3.8, 4) is 0 Å². The Bertz CT molecular complexity index is 708. The summed E-state index contributed by atoms with van der Waals surface area (Å²) >= 11 is 0. The molecule has 0 spiro atoms. The number of carboxylic acid groups (broad SMARTS) is 2. The van der Waals surface area contributed by atoms with Crippen LogP contribution in [0.25, 0.3) is 0 Å². The predicted molar refractivity (Wildman–Crippen MR) is 82.1 cm³/mol. The van der Waals surface area contributed by atoms with Gasteiger partial charge >= 0.3 is 23.9 Å². The molecule has 25 heavy (non-hydrogen) atoms. The zero-order chi connectivity index (χ0) is 17.9. The van der Waals surface area contributed by atoms with Gasteiger partial charge in [0.05, 0.1) is 22.3 Å². The lowest BCUT2D eigenvalue weighted by atomic mass is 9.91. The molecule has 0 aromatic heterocycles. The Labute approximate surface area is 143 Å². The first kappa shape index (κ1) is 16.1. The molecule has 0 radical (unpaired) electrons. The van der Waals surface area contributed by atoms with E-state index >= 15 is 0 Å². The Kier molecular flexibility index (Phi) is 3.56. The first-order chi connectivity index (χ1) is 11.9. The molecule has 7 heteroatoms. The Morgan fingerprint density at radius 1 is 0.640 bits per heavy atom. The van der Waals surface area contributed by atoms with E-state index in [0.717, 1.165) is 12.8 Å². The number of carboxylic acids is 2. The third kappa shape index (κ3) is 2.33. The second-order valence-electron chi connectivity index (χ2n) is 7.36. The number of hydrogen-bond donors (Lipinski definition) is 2. The molecule has 2 fully saturated rings. The van der Waals surface area contributed by atoms with Crippen molar-refractivity contribution < 1.29 is 34.1 Å². The van der Waals surface area contributed by atoms with Crippen molar-refractivity contribution in [3.63, 3.8) is 0 Å². The molecule has 2 N–H and O–H groups in total. The SMILES string of the molecule is O=C(O)C1=C(C(=O)OC(=O)C2=C(C(=O)O)C3CCC2C3)C2CCC1C2. The lowest BCUT2D eigenvalue weighted by molar-refractivity contribution is -0.155. The number of hydrogen-bond acceptors (Lipinski definition) is 5. The van der Waals surface area contributed by atoms with Crippen LogP contribution in [0.1, 0.15) is 38.5 Å². The molecule has 4 aliphatic rings. The maximum Gasteiger partial charge on any atom is 0.342 e. The molecule has 4 rings (SSSR count). The average Bonchev–Trinajstić information content (AvgIpc) is 3.31. The van der Waals surface area contributed by atoms with Gasteiger partial charge in [-0.05, 0) is 62.2 Å². The lowest BCUT2D eigenvalue weighted by Crippen LogP contribution is -2.25. The zero-order valence-corrected chi connectivity index (χ0v) is 13.5. The summed E-state index contributed by atoms with van der Waals surface area (Å²) in [5.74, 6) is -4.79. The third-order valence-corrected chi connectivity index (χ3v) is 6.16. The molecular formula is C18H18O7. The molecule has 2 saturated carbocycles. The van der Waals surface area contributed by atoms with Crippen LogP contribution >= 0.6 is 0 Å². The normalized spacial score (nSPS) is 32.5. The molecule has 4 bridgehead atoms. The molecule has 0 aliphatic heterocycles. The van der Waals surface area contributed by atoms with Crippen LogP contribution in [0.5, 0.6) is 0 Å². The average molecular weight is 346 g/mol. The summed E-state index contributed by atoms with van der Waals surface area (Å²) in [6.45, 7) is 0. The lowest BCUT2D eigenvalue weighted by Gasteiger charge is -2.18. The van der Waals surface area contributed by atoms with E-state index in [2.05, 4.69) is 0 Å². The van der Waals surface area contributed by atoms with E-state index in [4.69, 9.17) is 4.74 Å². The van der Waals surface area contributed by atoms with Crippen LogP contribution in [-0.4, -0.2) is 34.1 Å². The van der Waals surface area contributed by atoms with Crippen LogP contribution in [0.2, 0.25) is 0 Å². The second-order valence-corrected chi connectivity index (χ2v) is 7.36. The van der Waals surface area contributed by atoms with Crippen molar-refractivity contribution in [2.75, 3.05) is 0 Å². The molecule has 0 saturated heterocycles. The molecule has 4 aliphatic carbocycles. The standard InChI is InChI=1S/C18H18O7/c19-15(20)11-7-1-3-9(5-7)13(11)17(23)25-18(24)14-10-4-2-8(6-10)12(14)16(21)22/h7-10H,1-6H2,(H,19,20)(H,21,22). The van der Waals surface area contributed by atoms with E-state index < -0.39 is 23.9 Å². The summed E-state index contributed by atoms with van der Waals surface area (Å²) in [6.07, 6.45) is 4.11. The van der Waals surface area contributed by atoms with Crippen LogP contribution in [0.15, 0.2) is 22.3 Å². The molecule has 4 unspecified atom stereocenters. The van der Waals surface area contributed by atoms with Crippen LogP contribution in [0.4, 0.5) is 0 Å². The molecule has 0 aromatic rings. The Balaban J connectivity index is 1.60. The zero-order valence-electron chi connectivity index (χ0n) is 13.5. The van der Waals surface area contributed by atoms with Gasteiger partial charge in [0, 0.05) is 0 Å². The maximum atomic E-state index is 12.5. The number of aliphatic carboxylic acids is 2. The van der Waals surface area contributed by atoms with Crippen molar-refractivity contribution in [2.45, 2.75) is 38.5 Å². The van der Waals surface area contributed by atoms with Gasteiger partial charge in [0.15, 0.2) is 0 Å². The highest BCUT2D eigenvalue weighted by molar-refractivity contribution is 6.09. The van der Waals surface area contributed by atoms with Gasteiger partial charge in [0.1, 0.15) is 0 Å². The minimum Gasteiger partial charge on any atom is -0.478 e. The molecule has 132 valence electrons. The highest BCUT2D eigenvalue weighted by atomic mass is 16.6. The summed E-state index contributed by atoms with van der Waals surface area (Å²) in [4.78, 5) is 47.8. The number of carbonyl (C=O) groups is 4. The van der Waals surface area contributed by atoms with Gasteiger partial charge in [-0.15, -0.1) is 0 Å². The van der Waals surface area contributed by atoms with E-state index in [1.54, 1.807) is 0 Å². The van der Waals surface area contributed by atoms with Gasteiger partial charge in [-0.2, -0.15) is 0 Å². The van der Waals surface area contributed by atoms with Crippen LogP contribution in [-0.2, 0) is 23.9 Å². The Hall–Kier alpha value is -2.44. The highest BCUT2D eigenvalue weighted by Gasteiger charge is 2.48. The van der Waals surface area contributed by atoms with Crippen LogP contribution < -0.4 is 0 Å². The topological polar surface area (TPSA) is 118 Å². The van der Waals surface area contributed by atoms with E-state index in [1.165, 1.54) is 0 Å². The summed E-state index contributed by atoms with van der Waals surface area (Å²) in [6, 6.07) is 0. The largest absolute Gasteiger partial charge is 0.478 e. The smallest absolute Gasteiger partial charge is 0.342 e. The summed E-state index contributed by atoms with van der Waals surface area (Å²) < 4.78 is 4.96. The predicted octanol–water partition coefficient (Wildman–Crippen LogP) is 1.68. The quantitative estimate of drug-likeness (QED) is 0.587. The first-order valence-corrected chi connectivity index (χ1v) is 8.59. The van der Waals surface area contributed by atoms with Gasteiger partial charge in [-0.1, -0.05) is 0 Å². The van der Waals surface area contributed by atoms with Crippen LogP contribution in [0, 0.1) is 23.7 Å². The number of ether oxygens (including phenoxy) is 1. The minimum absolute atomic E-state index is 0.0643. The molecule has 0 aromatic carbocycles. The highest BCUT2D eigenvalue weighted by Crippen LogP contribution is 2.50. The molecule has 4 atom stereocenters. The van der Waals surface area contributed by atoms with Gasteiger partial charge in [0.25, 0.3) is 0 Å². The maximum absolute atomic E-state index is 12.5. The molecule has 7 nitrogen and oxygen atoms in total. The van der Waals surface area contributed by atoms with Crippen molar-refractivity contribution >= 4 is 23.9 Å². The fourth-order valence-corrected chi connectivity index (χ4v) is 5.22. The molecule has 0 heterocycles. The van der Waals surface area contributed by atoms with Crippen molar-refractivity contribution in [1.29, 1.82) is 0 Å². The van der Waals surface area contributed by atoms with E-state index in [-0.39, 0.29) is 46.0 Å². The van der Waals surface area contributed by atoms with E-state index in [0.29, 0.717) is 25.7 Å². The van der Waals surface area contributed by atoms with Crippen LogP contribution in [0.3, 0.4) is 0 Å². The fraction of sp³-hybridized carbons (Fsp3) is 0.556.